The lowest BCUT2D eigenvalue weighted by Crippen LogP contribution is -2.33. The van der Waals surface area contributed by atoms with Crippen molar-refractivity contribution in [3.05, 3.63) is 57.6 Å². The van der Waals surface area contributed by atoms with Gasteiger partial charge in [-0.2, -0.15) is 0 Å². The first kappa shape index (κ1) is 21.4. The van der Waals surface area contributed by atoms with E-state index in [0.717, 1.165) is 69.0 Å². The van der Waals surface area contributed by atoms with Crippen LogP contribution in [-0.2, 0) is 37.2 Å². The van der Waals surface area contributed by atoms with Crippen LogP contribution in [0.5, 0.6) is 0 Å². The van der Waals surface area contributed by atoms with Gasteiger partial charge in [-0.05, 0) is 66.1 Å². The van der Waals surface area contributed by atoms with Gasteiger partial charge < -0.3 is 30.4 Å². The summed E-state index contributed by atoms with van der Waals surface area (Å²) in [5, 5.41) is 0. The minimum absolute atomic E-state index is 0.243. The first-order chi connectivity index (χ1) is 15.9. The molecule has 0 aliphatic carbocycles. The summed E-state index contributed by atoms with van der Waals surface area (Å²) >= 11 is 0. The van der Waals surface area contributed by atoms with Crippen molar-refractivity contribution in [2.45, 2.75) is 69.4 Å². The largest absolute Gasteiger partial charge is 0.399 e. The number of benzene rings is 2. The molecule has 0 amide bonds. The number of epoxide rings is 4. The van der Waals surface area contributed by atoms with E-state index in [0.29, 0.717) is 12.2 Å². The Morgan fingerprint density at radius 3 is 1.94 bits per heavy atom. The van der Waals surface area contributed by atoms with Gasteiger partial charge >= 0.3 is 0 Å². The molecule has 33 heavy (non-hydrogen) atoms. The highest BCUT2D eigenvalue weighted by Gasteiger charge is 2.46. The van der Waals surface area contributed by atoms with Crippen LogP contribution in [0.25, 0.3) is 0 Å². The molecular weight excluding hydrogens is 416 g/mol. The van der Waals surface area contributed by atoms with E-state index in [-0.39, 0.29) is 17.6 Å². The number of nitrogen functional groups attached to an aromatic ring is 2. The second-order valence-electron chi connectivity index (χ2n) is 10.4. The Kier molecular flexibility index (Phi) is 5.18. The van der Waals surface area contributed by atoms with Gasteiger partial charge in [0.15, 0.2) is 0 Å². The van der Waals surface area contributed by atoms with Crippen molar-refractivity contribution in [1.82, 2.24) is 0 Å². The summed E-state index contributed by atoms with van der Waals surface area (Å²) in [6.07, 6.45) is 4.72. The van der Waals surface area contributed by atoms with Gasteiger partial charge in [0.2, 0.25) is 0 Å². The number of nitrogens with two attached hydrogens (primary N) is 2. The number of rotatable bonds is 10. The number of anilines is 2. The topological polar surface area (TPSA) is 102 Å². The van der Waals surface area contributed by atoms with Crippen LogP contribution in [0.2, 0.25) is 0 Å². The number of aryl methyl sites for hydroxylation is 1. The zero-order chi connectivity index (χ0) is 22.7. The Morgan fingerprint density at radius 1 is 0.818 bits per heavy atom. The normalized spacial score (nSPS) is 28.9. The smallest absolute Gasteiger partial charge is 0.0851 e. The summed E-state index contributed by atoms with van der Waals surface area (Å²) in [4.78, 5) is 0. The van der Waals surface area contributed by atoms with Gasteiger partial charge in [0.05, 0.1) is 50.8 Å². The number of hydrogen-bond donors (Lipinski definition) is 2. The maximum absolute atomic E-state index is 6.90. The van der Waals surface area contributed by atoms with Crippen LogP contribution < -0.4 is 11.5 Å². The van der Waals surface area contributed by atoms with Crippen molar-refractivity contribution in [2.24, 2.45) is 0 Å². The van der Waals surface area contributed by atoms with E-state index in [2.05, 4.69) is 32.0 Å². The predicted molar refractivity (Wildman–Crippen MR) is 128 cm³/mol. The average molecular weight is 451 g/mol. The van der Waals surface area contributed by atoms with E-state index in [9.17, 15) is 0 Å². The highest BCUT2D eigenvalue weighted by Crippen LogP contribution is 2.49. The maximum atomic E-state index is 6.90. The zero-order valence-electron chi connectivity index (χ0n) is 19.6. The van der Waals surface area contributed by atoms with Gasteiger partial charge in [0, 0.05) is 29.6 Å². The van der Waals surface area contributed by atoms with Crippen molar-refractivity contribution < 1.29 is 18.9 Å². The molecule has 0 bridgehead atoms. The van der Waals surface area contributed by atoms with Gasteiger partial charge in [-0.15, -0.1) is 0 Å². The quantitative estimate of drug-likeness (QED) is 0.426. The zero-order valence-corrected chi connectivity index (χ0v) is 19.6. The van der Waals surface area contributed by atoms with E-state index in [4.69, 9.17) is 30.4 Å². The minimum Gasteiger partial charge on any atom is -0.399 e. The highest BCUT2D eigenvalue weighted by atomic mass is 16.6. The fourth-order valence-electron chi connectivity index (χ4n) is 5.50. The van der Waals surface area contributed by atoms with E-state index >= 15 is 0 Å². The summed E-state index contributed by atoms with van der Waals surface area (Å²) < 4.78 is 22.8. The molecule has 6 heteroatoms. The van der Waals surface area contributed by atoms with Gasteiger partial charge in [0.25, 0.3) is 0 Å². The van der Waals surface area contributed by atoms with Crippen LogP contribution in [0.3, 0.4) is 0 Å². The second-order valence-corrected chi connectivity index (χ2v) is 10.4. The molecule has 2 aromatic carbocycles. The molecule has 4 N–H and O–H groups in total. The first-order valence-electron chi connectivity index (χ1n) is 12.2. The fourth-order valence-corrected chi connectivity index (χ4v) is 5.50. The Balaban J connectivity index is 1.53. The minimum atomic E-state index is -0.243. The molecule has 4 aliphatic heterocycles. The van der Waals surface area contributed by atoms with Crippen LogP contribution >= 0.6 is 0 Å². The number of ether oxygens (including phenoxy) is 4. The van der Waals surface area contributed by atoms with Gasteiger partial charge in [-0.25, -0.2) is 0 Å². The van der Waals surface area contributed by atoms with E-state index < -0.39 is 0 Å². The van der Waals surface area contributed by atoms with Gasteiger partial charge in [0.1, 0.15) is 0 Å². The summed E-state index contributed by atoms with van der Waals surface area (Å²) in [5.74, 6) is 0. The highest BCUT2D eigenvalue weighted by molar-refractivity contribution is 5.64. The lowest BCUT2D eigenvalue weighted by molar-refractivity contribution is 0.299. The summed E-state index contributed by atoms with van der Waals surface area (Å²) in [7, 11) is 0. The third-order valence-electron chi connectivity index (χ3n) is 7.82. The van der Waals surface area contributed by atoms with Crippen molar-refractivity contribution in [3.63, 3.8) is 0 Å². The molecule has 4 aliphatic rings. The molecule has 0 spiro atoms. The molecule has 0 aromatic heterocycles. The van der Waals surface area contributed by atoms with Crippen molar-refractivity contribution in [1.29, 1.82) is 0 Å². The summed E-state index contributed by atoms with van der Waals surface area (Å²) in [6, 6.07) is 8.91. The summed E-state index contributed by atoms with van der Waals surface area (Å²) in [6.45, 7) is 7.55. The Labute approximate surface area is 195 Å². The molecule has 4 heterocycles. The molecule has 4 atom stereocenters. The van der Waals surface area contributed by atoms with E-state index in [1.54, 1.807) is 0 Å². The molecule has 4 fully saturated rings. The Hall–Kier alpha value is -2.12. The van der Waals surface area contributed by atoms with Gasteiger partial charge in [-0.1, -0.05) is 18.2 Å². The molecule has 4 unspecified atom stereocenters. The van der Waals surface area contributed by atoms with E-state index in [1.807, 2.05) is 6.07 Å². The fraction of sp³-hybridized carbons (Fsp3) is 0.556. The van der Waals surface area contributed by atoms with Crippen LogP contribution in [0, 0.1) is 13.8 Å². The molecule has 6 rings (SSSR count). The second kappa shape index (κ2) is 7.98. The molecular formula is C27H34N2O4. The maximum Gasteiger partial charge on any atom is 0.0851 e. The van der Waals surface area contributed by atoms with Crippen LogP contribution in [0.15, 0.2) is 24.3 Å². The Morgan fingerprint density at radius 2 is 1.39 bits per heavy atom. The summed E-state index contributed by atoms with van der Waals surface area (Å²) in [5.41, 5.74) is 22.0. The Bertz CT molecular complexity index is 1050. The van der Waals surface area contributed by atoms with E-state index in [1.165, 1.54) is 27.8 Å². The molecule has 2 aromatic rings. The predicted octanol–water partition coefficient (Wildman–Crippen LogP) is 3.21. The van der Waals surface area contributed by atoms with Gasteiger partial charge in [-0.3, -0.25) is 0 Å². The lowest BCUT2D eigenvalue weighted by Gasteiger charge is -2.37. The van der Waals surface area contributed by atoms with Crippen LogP contribution in [0.1, 0.15) is 46.2 Å². The third-order valence-corrected chi connectivity index (χ3v) is 7.82. The molecule has 0 saturated carbocycles. The molecule has 0 radical (unpaired) electrons. The molecule has 176 valence electrons. The van der Waals surface area contributed by atoms with Crippen molar-refractivity contribution in [2.75, 3.05) is 37.9 Å². The third kappa shape index (κ3) is 4.37. The van der Waals surface area contributed by atoms with Crippen molar-refractivity contribution in [3.8, 4) is 0 Å². The number of hydrogen-bond acceptors (Lipinski definition) is 6. The molecule has 4 saturated heterocycles. The first-order valence-corrected chi connectivity index (χ1v) is 12.2. The lowest BCUT2D eigenvalue weighted by atomic mass is 9.65. The van der Waals surface area contributed by atoms with Crippen molar-refractivity contribution >= 4 is 11.4 Å². The van der Waals surface area contributed by atoms with Crippen LogP contribution in [0.4, 0.5) is 11.4 Å². The molecule has 6 nitrogen and oxygen atoms in total. The van der Waals surface area contributed by atoms with Crippen LogP contribution in [-0.4, -0.2) is 50.8 Å². The SMILES string of the molecule is Cc1cc(C(CC2CO2)(CC2CO2)c2cc(CC3CO3)c(CC3CO3)c(N)c2C)ccc1N. The monoisotopic (exact) mass is 450 g/mol. The average Bonchev–Trinajstić information content (AvgIpc) is 3.61. The standard InChI is InChI=1S/C27H34N2O4/c1-15-5-18(3-4-25(15)28)27(9-21-13-32-21,10-22-14-33-22)24-7-17(6-19-11-30-19)23(8-20-12-31-20)26(29)16(24)2/h3-5,7,19-22H,6,8-14,28-29H2,1-2H3.